The highest BCUT2D eigenvalue weighted by molar-refractivity contribution is 6.30. The van der Waals surface area contributed by atoms with Crippen molar-refractivity contribution in [1.29, 1.82) is 0 Å². The second-order valence-corrected chi connectivity index (χ2v) is 10.8. The smallest absolute Gasteiger partial charge is 0.254 e. The highest BCUT2D eigenvalue weighted by atomic mass is 35.5. The number of rotatable bonds is 5. The van der Waals surface area contributed by atoms with Gasteiger partial charge < -0.3 is 20.0 Å². The molecule has 0 spiro atoms. The highest BCUT2D eigenvalue weighted by Crippen LogP contribution is 2.30. The van der Waals surface area contributed by atoms with E-state index in [0.29, 0.717) is 35.8 Å². The van der Waals surface area contributed by atoms with Gasteiger partial charge in [0, 0.05) is 53.6 Å². The summed E-state index contributed by atoms with van der Waals surface area (Å²) in [5.74, 6) is 0.439. The van der Waals surface area contributed by atoms with E-state index in [1.54, 1.807) is 34.1 Å². The van der Waals surface area contributed by atoms with Crippen molar-refractivity contribution in [2.45, 2.75) is 25.9 Å². The first-order valence-corrected chi connectivity index (χ1v) is 14.0. The molecule has 0 atom stereocenters. The Morgan fingerprint density at radius 1 is 0.850 bits per heavy atom. The number of amidine groups is 1. The Balaban J connectivity index is 1.30. The van der Waals surface area contributed by atoms with Gasteiger partial charge in [0.1, 0.15) is 12.4 Å². The van der Waals surface area contributed by atoms with Gasteiger partial charge in [-0.05, 0) is 66.4 Å². The van der Waals surface area contributed by atoms with Crippen LogP contribution in [0.4, 0.5) is 5.69 Å². The van der Waals surface area contributed by atoms with E-state index in [1.807, 2.05) is 47.4 Å². The second kappa shape index (κ2) is 11.1. The third-order valence-corrected chi connectivity index (χ3v) is 7.88. The van der Waals surface area contributed by atoms with Gasteiger partial charge in [0.2, 0.25) is 5.91 Å². The van der Waals surface area contributed by atoms with Crippen LogP contribution in [0.25, 0.3) is 0 Å². The maximum Gasteiger partial charge on any atom is 0.254 e. The Morgan fingerprint density at radius 3 is 2.20 bits per heavy atom. The summed E-state index contributed by atoms with van der Waals surface area (Å²) < 4.78 is 0. The molecule has 3 aromatic rings. The van der Waals surface area contributed by atoms with Gasteiger partial charge in [0.25, 0.3) is 11.8 Å². The maximum absolute atomic E-state index is 13.8. The maximum atomic E-state index is 13.8. The lowest BCUT2D eigenvalue weighted by Crippen LogP contribution is -2.39. The van der Waals surface area contributed by atoms with Crippen LogP contribution in [0.3, 0.4) is 0 Å². The summed E-state index contributed by atoms with van der Waals surface area (Å²) in [4.78, 5) is 49.7. The minimum absolute atomic E-state index is 0.0473. The molecule has 3 aliphatic rings. The molecular weight excluding hydrogens is 526 g/mol. The lowest BCUT2D eigenvalue weighted by atomic mass is 10.1. The van der Waals surface area contributed by atoms with Crippen LogP contribution in [0.15, 0.2) is 71.7 Å². The van der Waals surface area contributed by atoms with Crippen molar-refractivity contribution in [3.05, 3.63) is 99.6 Å². The number of amides is 3. The van der Waals surface area contributed by atoms with Crippen LogP contribution in [0.5, 0.6) is 0 Å². The van der Waals surface area contributed by atoms with Gasteiger partial charge in [-0.25, -0.2) is 0 Å². The third-order valence-electron chi connectivity index (χ3n) is 7.63. The zero-order valence-corrected chi connectivity index (χ0v) is 22.9. The molecule has 0 radical (unpaired) electrons. The average molecular weight is 556 g/mol. The number of carbonyl (C=O) groups excluding carboxylic acids is 3. The number of likely N-dealkylation sites (tertiary alicyclic amines) is 1. The zero-order valence-electron chi connectivity index (χ0n) is 22.1. The van der Waals surface area contributed by atoms with Crippen LogP contribution >= 0.6 is 11.6 Å². The molecule has 6 rings (SSSR count). The summed E-state index contributed by atoms with van der Waals surface area (Å²) in [6, 6.07) is 20.1. The normalized spacial score (nSPS) is 16.9. The molecule has 1 saturated heterocycles. The Kier molecular flexibility index (Phi) is 7.26. The summed E-state index contributed by atoms with van der Waals surface area (Å²) in [5.41, 5.74) is 4.56. The average Bonchev–Trinajstić information content (AvgIpc) is 3.69. The molecule has 1 fully saturated rings. The van der Waals surface area contributed by atoms with Crippen molar-refractivity contribution in [2.24, 2.45) is 4.99 Å². The van der Waals surface area contributed by atoms with Crippen LogP contribution in [-0.4, -0.2) is 66.1 Å². The first-order chi connectivity index (χ1) is 19.5. The Labute approximate surface area is 238 Å². The largest absolute Gasteiger partial charge is 0.368 e. The van der Waals surface area contributed by atoms with E-state index in [-0.39, 0.29) is 24.3 Å². The Bertz CT molecular complexity index is 1480. The number of fused-ring (bicyclic) bond motifs is 1. The lowest BCUT2D eigenvalue weighted by molar-refractivity contribution is -0.119. The molecule has 9 heteroatoms. The lowest BCUT2D eigenvalue weighted by Gasteiger charge is -2.24. The number of nitrogens with one attached hydrogen (secondary N) is 1. The van der Waals surface area contributed by atoms with Crippen molar-refractivity contribution in [3.63, 3.8) is 0 Å². The summed E-state index contributed by atoms with van der Waals surface area (Å²) in [6.07, 6.45) is 2.09. The molecule has 0 unspecified atom stereocenters. The summed E-state index contributed by atoms with van der Waals surface area (Å²) in [5, 5.41) is 3.84. The first-order valence-electron chi connectivity index (χ1n) is 13.6. The van der Waals surface area contributed by atoms with Crippen LogP contribution in [0.1, 0.15) is 50.2 Å². The fourth-order valence-corrected chi connectivity index (χ4v) is 5.59. The van der Waals surface area contributed by atoms with Crippen molar-refractivity contribution in [3.8, 4) is 0 Å². The standard InChI is InChI=1S/C31H30ClN5O3/c32-26-11-9-23(10-12-26)31(40)36-19-25-8-7-24(29-33-13-14-34-29)17-27(25)37(28(38)20-36)18-21-3-5-22(6-4-21)30(39)35-15-1-2-16-35/h3-12,17H,1-2,13-16,18-20H2,(H,33,34). The quantitative estimate of drug-likeness (QED) is 0.513. The summed E-state index contributed by atoms with van der Waals surface area (Å²) in [7, 11) is 0. The number of benzene rings is 3. The number of hydrogen-bond acceptors (Lipinski definition) is 5. The molecule has 0 aliphatic carbocycles. The van der Waals surface area contributed by atoms with Crippen molar-refractivity contribution < 1.29 is 14.4 Å². The van der Waals surface area contributed by atoms with E-state index >= 15 is 0 Å². The van der Waals surface area contributed by atoms with E-state index in [2.05, 4.69) is 10.3 Å². The van der Waals surface area contributed by atoms with Gasteiger partial charge in [-0.3, -0.25) is 19.4 Å². The molecule has 0 saturated carbocycles. The van der Waals surface area contributed by atoms with Gasteiger partial charge in [-0.2, -0.15) is 0 Å². The van der Waals surface area contributed by atoms with Crippen molar-refractivity contribution in [2.75, 3.05) is 37.6 Å². The van der Waals surface area contributed by atoms with E-state index in [9.17, 15) is 14.4 Å². The van der Waals surface area contributed by atoms with Crippen LogP contribution in [0, 0.1) is 0 Å². The molecule has 0 aromatic heterocycles. The van der Waals surface area contributed by atoms with E-state index in [4.69, 9.17) is 11.6 Å². The van der Waals surface area contributed by atoms with E-state index in [1.165, 1.54) is 0 Å². The summed E-state index contributed by atoms with van der Waals surface area (Å²) in [6.45, 7) is 3.64. The predicted molar refractivity (Wildman–Crippen MR) is 155 cm³/mol. The predicted octanol–water partition coefficient (Wildman–Crippen LogP) is 4.12. The first kappa shape index (κ1) is 26.1. The highest BCUT2D eigenvalue weighted by Gasteiger charge is 2.30. The number of halogens is 1. The SMILES string of the molecule is O=C(c1ccc(CN2C(=O)CN(C(=O)c3ccc(Cl)cc3)Cc3ccc(C4=NCCN4)cc32)cc1)N1CCCC1. The van der Waals surface area contributed by atoms with Gasteiger partial charge in [-0.15, -0.1) is 0 Å². The van der Waals surface area contributed by atoms with E-state index in [0.717, 1.165) is 60.7 Å². The number of carbonyl (C=O) groups is 3. The molecule has 3 heterocycles. The molecule has 1 N–H and O–H groups in total. The molecule has 204 valence electrons. The fraction of sp³-hybridized carbons (Fsp3) is 0.290. The Morgan fingerprint density at radius 2 is 1.52 bits per heavy atom. The molecule has 3 aliphatic heterocycles. The topological polar surface area (TPSA) is 85.3 Å². The number of aliphatic imine (C=N–C) groups is 1. The fourth-order valence-electron chi connectivity index (χ4n) is 5.46. The van der Waals surface area contributed by atoms with Crippen molar-refractivity contribution >= 4 is 40.8 Å². The van der Waals surface area contributed by atoms with E-state index < -0.39 is 0 Å². The number of hydrogen-bond donors (Lipinski definition) is 1. The molecular formula is C31H30ClN5O3. The molecule has 3 aromatic carbocycles. The third kappa shape index (κ3) is 5.31. The van der Waals surface area contributed by atoms with Gasteiger partial charge in [-0.1, -0.05) is 35.9 Å². The molecule has 40 heavy (non-hydrogen) atoms. The second-order valence-electron chi connectivity index (χ2n) is 10.3. The van der Waals surface area contributed by atoms with Crippen molar-refractivity contribution in [1.82, 2.24) is 15.1 Å². The zero-order chi connectivity index (χ0) is 27.6. The van der Waals surface area contributed by atoms with Gasteiger partial charge in [0.05, 0.1) is 13.1 Å². The molecule has 3 amide bonds. The minimum atomic E-state index is -0.228. The molecule has 8 nitrogen and oxygen atoms in total. The monoisotopic (exact) mass is 555 g/mol. The summed E-state index contributed by atoms with van der Waals surface area (Å²) >= 11 is 6.02. The number of anilines is 1. The Hall–Kier alpha value is -4.17. The molecule has 0 bridgehead atoms. The van der Waals surface area contributed by atoms with Crippen LogP contribution in [0.2, 0.25) is 5.02 Å². The van der Waals surface area contributed by atoms with Crippen LogP contribution in [-0.2, 0) is 17.9 Å². The van der Waals surface area contributed by atoms with Crippen LogP contribution < -0.4 is 10.2 Å². The minimum Gasteiger partial charge on any atom is -0.368 e. The number of nitrogens with zero attached hydrogens (tertiary/aromatic N) is 4. The van der Waals surface area contributed by atoms with Gasteiger partial charge in [0.15, 0.2) is 0 Å². The van der Waals surface area contributed by atoms with Gasteiger partial charge >= 0.3 is 0 Å².